The Bertz CT molecular complexity index is 311. The van der Waals surface area contributed by atoms with Gasteiger partial charge in [0.05, 0.1) is 0 Å². The Balaban J connectivity index is 2.86. The maximum atomic E-state index is 9.80. The van der Waals surface area contributed by atoms with Crippen LogP contribution in [-0.2, 0) is 0 Å². The highest BCUT2D eigenvalue weighted by Gasteiger charge is 2.10. The molecule has 1 aromatic carbocycles. The van der Waals surface area contributed by atoms with Crippen LogP contribution in [0.3, 0.4) is 0 Å². The maximum absolute atomic E-state index is 9.80. The molecule has 1 unspecified atom stereocenters. The molecule has 0 fully saturated rings. The van der Waals surface area contributed by atoms with Crippen molar-refractivity contribution in [3.8, 4) is 0 Å². The van der Waals surface area contributed by atoms with E-state index in [2.05, 4.69) is 13.2 Å². The van der Waals surface area contributed by atoms with Crippen LogP contribution in [-0.4, -0.2) is 5.11 Å². The summed E-state index contributed by atoms with van der Waals surface area (Å²) < 4.78 is 0. The second-order valence-corrected chi connectivity index (χ2v) is 3.12. The first kappa shape index (κ1) is 9.75. The minimum absolute atomic E-state index is 0.626. The smallest absolute Gasteiger partial charge is 0.104 e. The Morgan fingerprint density at radius 2 is 1.77 bits per heavy atom. The van der Waals surface area contributed by atoms with Crippen LogP contribution >= 0.6 is 0 Å². The number of aliphatic hydroxyl groups is 1. The molecule has 1 atom stereocenters. The monoisotopic (exact) mass is 174 g/mol. The molecule has 0 amide bonds. The summed E-state index contributed by atoms with van der Waals surface area (Å²) in [4.78, 5) is 0. The molecule has 13 heavy (non-hydrogen) atoms. The SMILES string of the molecule is C=C(C)C(=C)C(O)c1ccccc1. The minimum atomic E-state index is -0.626. The fraction of sp³-hybridized carbons (Fsp3) is 0.167. The molecule has 0 radical (unpaired) electrons. The van der Waals surface area contributed by atoms with E-state index < -0.39 is 6.10 Å². The topological polar surface area (TPSA) is 20.2 Å². The Morgan fingerprint density at radius 1 is 1.23 bits per heavy atom. The van der Waals surface area contributed by atoms with Gasteiger partial charge in [-0.25, -0.2) is 0 Å². The van der Waals surface area contributed by atoms with Crippen LogP contribution in [0.5, 0.6) is 0 Å². The van der Waals surface area contributed by atoms with E-state index in [-0.39, 0.29) is 0 Å². The zero-order valence-corrected chi connectivity index (χ0v) is 7.83. The maximum Gasteiger partial charge on any atom is 0.104 e. The summed E-state index contributed by atoms with van der Waals surface area (Å²) in [5, 5.41) is 9.80. The van der Waals surface area contributed by atoms with Gasteiger partial charge < -0.3 is 5.11 Å². The fourth-order valence-electron chi connectivity index (χ4n) is 1.07. The third-order valence-corrected chi connectivity index (χ3v) is 1.99. The largest absolute Gasteiger partial charge is 0.384 e. The molecule has 0 aliphatic carbocycles. The minimum Gasteiger partial charge on any atom is -0.384 e. The Labute approximate surface area is 79.0 Å². The van der Waals surface area contributed by atoms with Gasteiger partial charge in [-0.05, 0) is 18.1 Å². The van der Waals surface area contributed by atoms with Crippen LogP contribution in [0.1, 0.15) is 18.6 Å². The molecule has 1 heteroatoms. The Kier molecular flexibility index (Phi) is 3.04. The first-order chi connectivity index (χ1) is 6.13. The molecule has 68 valence electrons. The van der Waals surface area contributed by atoms with E-state index >= 15 is 0 Å². The summed E-state index contributed by atoms with van der Waals surface area (Å²) in [6.07, 6.45) is -0.626. The van der Waals surface area contributed by atoms with Gasteiger partial charge in [-0.15, -0.1) is 0 Å². The van der Waals surface area contributed by atoms with Gasteiger partial charge in [-0.2, -0.15) is 0 Å². The van der Waals surface area contributed by atoms with Crippen molar-refractivity contribution in [2.75, 3.05) is 0 Å². The highest BCUT2D eigenvalue weighted by atomic mass is 16.3. The summed E-state index contributed by atoms with van der Waals surface area (Å²) >= 11 is 0. The molecular weight excluding hydrogens is 160 g/mol. The van der Waals surface area contributed by atoms with Gasteiger partial charge >= 0.3 is 0 Å². The molecule has 0 saturated carbocycles. The van der Waals surface area contributed by atoms with Crippen molar-refractivity contribution in [1.29, 1.82) is 0 Å². The molecule has 1 rings (SSSR count). The van der Waals surface area contributed by atoms with E-state index in [9.17, 15) is 5.11 Å². The van der Waals surface area contributed by atoms with E-state index in [1.54, 1.807) is 0 Å². The van der Waals surface area contributed by atoms with Crippen LogP contribution in [0, 0.1) is 0 Å². The van der Waals surface area contributed by atoms with Gasteiger partial charge in [-0.3, -0.25) is 0 Å². The van der Waals surface area contributed by atoms with E-state index in [1.165, 1.54) is 0 Å². The average Bonchev–Trinajstić information content (AvgIpc) is 2.17. The second-order valence-electron chi connectivity index (χ2n) is 3.12. The first-order valence-corrected chi connectivity index (χ1v) is 4.20. The predicted octanol–water partition coefficient (Wildman–Crippen LogP) is 2.85. The highest BCUT2D eigenvalue weighted by molar-refractivity contribution is 5.34. The van der Waals surface area contributed by atoms with Crippen LogP contribution in [0.25, 0.3) is 0 Å². The number of rotatable bonds is 3. The highest BCUT2D eigenvalue weighted by Crippen LogP contribution is 2.23. The second kappa shape index (κ2) is 4.06. The summed E-state index contributed by atoms with van der Waals surface area (Å²) in [7, 11) is 0. The summed E-state index contributed by atoms with van der Waals surface area (Å²) in [5.41, 5.74) is 2.35. The summed E-state index contributed by atoms with van der Waals surface area (Å²) in [6.45, 7) is 9.36. The third kappa shape index (κ3) is 2.30. The van der Waals surface area contributed by atoms with Crippen molar-refractivity contribution in [3.05, 3.63) is 60.2 Å². The number of hydrogen-bond donors (Lipinski definition) is 1. The van der Waals surface area contributed by atoms with E-state index in [0.717, 1.165) is 11.1 Å². The van der Waals surface area contributed by atoms with Crippen LogP contribution in [0.15, 0.2) is 54.6 Å². The van der Waals surface area contributed by atoms with Gasteiger partial charge in [0.2, 0.25) is 0 Å². The van der Waals surface area contributed by atoms with Crippen molar-refractivity contribution in [1.82, 2.24) is 0 Å². The van der Waals surface area contributed by atoms with Crippen molar-refractivity contribution in [2.45, 2.75) is 13.0 Å². The fourth-order valence-corrected chi connectivity index (χ4v) is 1.07. The van der Waals surface area contributed by atoms with E-state index in [4.69, 9.17) is 0 Å². The van der Waals surface area contributed by atoms with Crippen LogP contribution < -0.4 is 0 Å². The number of hydrogen-bond acceptors (Lipinski definition) is 1. The van der Waals surface area contributed by atoms with Crippen molar-refractivity contribution < 1.29 is 5.11 Å². The van der Waals surface area contributed by atoms with Gasteiger partial charge in [-0.1, -0.05) is 49.1 Å². The first-order valence-electron chi connectivity index (χ1n) is 4.20. The molecule has 0 aliphatic heterocycles. The zero-order valence-electron chi connectivity index (χ0n) is 7.83. The zero-order chi connectivity index (χ0) is 9.84. The standard InChI is InChI=1S/C12H14O/c1-9(2)10(3)12(13)11-7-5-4-6-8-11/h4-8,12-13H,1,3H2,2H3. The quantitative estimate of drug-likeness (QED) is 0.698. The lowest BCUT2D eigenvalue weighted by Gasteiger charge is -2.13. The van der Waals surface area contributed by atoms with Gasteiger partial charge in [0, 0.05) is 0 Å². The Hall–Kier alpha value is -1.34. The van der Waals surface area contributed by atoms with Crippen LogP contribution in [0.2, 0.25) is 0 Å². The lowest BCUT2D eigenvalue weighted by atomic mass is 9.99. The van der Waals surface area contributed by atoms with Crippen molar-refractivity contribution in [3.63, 3.8) is 0 Å². The molecule has 1 aromatic rings. The lowest BCUT2D eigenvalue weighted by Crippen LogP contribution is -2.00. The molecule has 1 nitrogen and oxygen atoms in total. The molecular formula is C12H14O. The lowest BCUT2D eigenvalue weighted by molar-refractivity contribution is 0.218. The van der Waals surface area contributed by atoms with Crippen LogP contribution in [0.4, 0.5) is 0 Å². The molecule has 0 heterocycles. The predicted molar refractivity (Wildman–Crippen MR) is 55.4 cm³/mol. The normalized spacial score (nSPS) is 12.2. The molecule has 0 aliphatic rings. The molecule has 0 saturated heterocycles. The summed E-state index contributed by atoms with van der Waals surface area (Å²) in [5.74, 6) is 0. The van der Waals surface area contributed by atoms with Crippen molar-refractivity contribution in [2.24, 2.45) is 0 Å². The van der Waals surface area contributed by atoms with E-state index in [0.29, 0.717) is 5.57 Å². The summed E-state index contributed by atoms with van der Waals surface area (Å²) in [6, 6.07) is 9.45. The Morgan fingerprint density at radius 3 is 2.23 bits per heavy atom. The molecule has 0 bridgehead atoms. The molecule has 1 N–H and O–H groups in total. The van der Waals surface area contributed by atoms with Crippen molar-refractivity contribution >= 4 is 0 Å². The van der Waals surface area contributed by atoms with Gasteiger partial charge in [0.15, 0.2) is 0 Å². The third-order valence-electron chi connectivity index (χ3n) is 1.99. The number of benzene rings is 1. The number of aliphatic hydroxyl groups excluding tert-OH is 1. The van der Waals surface area contributed by atoms with Gasteiger partial charge in [0.1, 0.15) is 6.10 Å². The molecule has 0 spiro atoms. The molecule has 0 aromatic heterocycles. The van der Waals surface area contributed by atoms with Gasteiger partial charge in [0.25, 0.3) is 0 Å². The average molecular weight is 174 g/mol. The van der Waals surface area contributed by atoms with E-state index in [1.807, 2.05) is 37.3 Å².